The Labute approximate surface area is 391 Å². The molecular formula is C65H44N2. The number of anilines is 6. The minimum atomic E-state index is -0.407. The molecule has 0 saturated heterocycles. The molecule has 314 valence electrons. The van der Waals surface area contributed by atoms with Crippen LogP contribution in [-0.2, 0) is 5.41 Å². The summed E-state index contributed by atoms with van der Waals surface area (Å²) in [5.41, 5.74) is 21.6. The van der Waals surface area contributed by atoms with E-state index in [0.717, 1.165) is 28.4 Å². The summed E-state index contributed by atoms with van der Waals surface area (Å²) in [6.07, 6.45) is 0. The summed E-state index contributed by atoms with van der Waals surface area (Å²) < 4.78 is 0. The normalized spacial score (nSPS) is 12.6. The van der Waals surface area contributed by atoms with Gasteiger partial charge in [-0.2, -0.15) is 0 Å². The molecule has 13 rings (SSSR count). The van der Waals surface area contributed by atoms with Gasteiger partial charge < -0.3 is 9.80 Å². The predicted octanol–water partition coefficient (Wildman–Crippen LogP) is 17.5. The minimum Gasteiger partial charge on any atom is -0.310 e. The smallest absolute Gasteiger partial charge is 0.0726 e. The minimum absolute atomic E-state index is 0.407. The Bertz CT molecular complexity index is 3570. The summed E-state index contributed by atoms with van der Waals surface area (Å²) in [6, 6.07) is 97.7. The molecule has 0 unspecified atom stereocenters. The molecule has 67 heavy (non-hydrogen) atoms. The van der Waals surface area contributed by atoms with Gasteiger partial charge in [0.25, 0.3) is 0 Å². The highest BCUT2D eigenvalue weighted by molar-refractivity contribution is 6.01. The maximum atomic E-state index is 2.44. The molecule has 0 aliphatic heterocycles. The van der Waals surface area contributed by atoms with Gasteiger partial charge in [0.05, 0.1) is 11.1 Å². The first kappa shape index (κ1) is 38.7. The Balaban J connectivity index is 0.839. The summed E-state index contributed by atoms with van der Waals surface area (Å²) in [5.74, 6) is 0. The van der Waals surface area contributed by atoms with Gasteiger partial charge in [-0.3, -0.25) is 0 Å². The van der Waals surface area contributed by atoms with Gasteiger partial charge >= 0.3 is 0 Å². The molecule has 2 heteroatoms. The molecule has 1 spiro atoms. The van der Waals surface area contributed by atoms with Crippen LogP contribution in [0.25, 0.3) is 55.3 Å². The zero-order valence-electron chi connectivity index (χ0n) is 36.8. The number of fused-ring (bicyclic) bond motifs is 11. The van der Waals surface area contributed by atoms with Crippen molar-refractivity contribution in [1.29, 1.82) is 0 Å². The molecule has 0 saturated carbocycles. The summed E-state index contributed by atoms with van der Waals surface area (Å²) in [6.45, 7) is 0. The fourth-order valence-electron chi connectivity index (χ4n) is 11.1. The maximum absolute atomic E-state index is 2.44. The number of nitrogens with zero attached hydrogens (tertiary/aromatic N) is 2. The molecule has 2 nitrogen and oxygen atoms in total. The highest BCUT2D eigenvalue weighted by atomic mass is 15.1. The number of benzene rings is 11. The zero-order chi connectivity index (χ0) is 44.3. The number of hydrogen-bond donors (Lipinski definition) is 0. The van der Waals surface area contributed by atoms with Gasteiger partial charge in [0, 0.05) is 34.0 Å². The second-order valence-electron chi connectivity index (χ2n) is 17.6. The van der Waals surface area contributed by atoms with E-state index < -0.39 is 5.41 Å². The molecule has 2 aliphatic rings. The zero-order valence-corrected chi connectivity index (χ0v) is 36.8. The topological polar surface area (TPSA) is 6.48 Å². The van der Waals surface area contributed by atoms with Gasteiger partial charge in [-0.15, -0.1) is 0 Å². The third-order valence-electron chi connectivity index (χ3n) is 14.1. The lowest BCUT2D eigenvalue weighted by atomic mass is 9.70. The van der Waals surface area contributed by atoms with Gasteiger partial charge in [0.15, 0.2) is 0 Å². The Morgan fingerprint density at radius 3 is 1.19 bits per heavy atom. The van der Waals surface area contributed by atoms with E-state index in [0.29, 0.717) is 0 Å². The largest absolute Gasteiger partial charge is 0.310 e. The average Bonchev–Trinajstić information content (AvgIpc) is 3.88. The molecule has 0 heterocycles. The quantitative estimate of drug-likeness (QED) is 0.150. The lowest BCUT2D eigenvalue weighted by Crippen LogP contribution is -2.26. The van der Waals surface area contributed by atoms with Crippen LogP contribution in [0.4, 0.5) is 34.1 Å². The van der Waals surface area contributed by atoms with E-state index in [1.165, 1.54) is 83.2 Å². The lowest BCUT2D eigenvalue weighted by Gasteiger charge is -2.31. The molecule has 11 aromatic carbocycles. The first-order valence-electron chi connectivity index (χ1n) is 23.2. The van der Waals surface area contributed by atoms with Crippen molar-refractivity contribution in [3.8, 4) is 44.5 Å². The molecule has 0 amide bonds. The van der Waals surface area contributed by atoms with E-state index in [1.54, 1.807) is 0 Å². The van der Waals surface area contributed by atoms with Crippen molar-refractivity contribution in [2.45, 2.75) is 5.41 Å². The number of rotatable bonds is 8. The van der Waals surface area contributed by atoms with E-state index >= 15 is 0 Å². The van der Waals surface area contributed by atoms with Crippen LogP contribution in [0.5, 0.6) is 0 Å². The second-order valence-corrected chi connectivity index (χ2v) is 17.6. The highest BCUT2D eigenvalue weighted by Gasteiger charge is 2.52. The molecule has 0 bridgehead atoms. The van der Waals surface area contributed by atoms with Crippen molar-refractivity contribution in [2.24, 2.45) is 0 Å². The van der Waals surface area contributed by atoms with Crippen LogP contribution in [-0.4, -0.2) is 0 Å². The van der Waals surface area contributed by atoms with Crippen LogP contribution in [0.15, 0.2) is 267 Å². The number of para-hydroxylation sites is 2. The van der Waals surface area contributed by atoms with Crippen molar-refractivity contribution >= 4 is 44.9 Å². The van der Waals surface area contributed by atoms with Crippen LogP contribution < -0.4 is 9.80 Å². The third kappa shape index (κ3) is 6.18. The molecule has 0 atom stereocenters. The van der Waals surface area contributed by atoms with Crippen LogP contribution in [0, 0.1) is 0 Å². The third-order valence-corrected chi connectivity index (χ3v) is 14.1. The molecule has 11 aromatic rings. The van der Waals surface area contributed by atoms with Crippen molar-refractivity contribution in [3.05, 3.63) is 289 Å². The Kier molecular flexibility index (Phi) is 9.11. The van der Waals surface area contributed by atoms with E-state index in [-0.39, 0.29) is 0 Å². The first-order chi connectivity index (χ1) is 33.2. The Morgan fingerprint density at radius 1 is 0.239 bits per heavy atom. The van der Waals surface area contributed by atoms with E-state index in [4.69, 9.17) is 0 Å². The average molecular weight is 853 g/mol. The fourth-order valence-corrected chi connectivity index (χ4v) is 11.1. The Morgan fingerprint density at radius 2 is 0.627 bits per heavy atom. The summed E-state index contributed by atoms with van der Waals surface area (Å²) in [7, 11) is 0. The standard InChI is InChI=1S/C65H44N2/c1-3-18-51(19-4-1)66(55-43-38-45-16-7-8-17-50(45)44-55)53-39-34-48(35-40-53)46-30-32-47(33-31-46)49-36-41-54(42-37-49)67(52-20-5-2-6-21-52)63-29-15-28-62-64(63)58-24-11-14-27-61(58)65(62)59-25-12-9-22-56(59)57-23-10-13-26-60(57)65/h1-44H. The summed E-state index contributed by atoms with van der Waals surface area (Å²) >= 11 is 0. The molecule has 0 fully saturated rings. The first-order valence-corrected chi connectivity index (χ1v) is 23.2. The van der Waals surface area contributed by atoms with Crippen molar-refractivity contribution in [3.63, 3.8) is 0 Å². The van der Waals surface area contributed by atoms with Crippen LogP contribution >= 0.6 is 0 Å². The predicted molar refractivity (Wildman–Crippen MR) is 280 cm³/mol. The lowest BCUT2D eigenvalue weighted by molar-refractivity contribution is 0.794. The summed E-state index contributed by atoms with van der Waals surface area (Å²) in [4.78, 5) is 4.77. The van der Waals surface area contributed by atoms with Gasteiger partial charge in [-0.25, -0.2) is 0 Å². The number of hydrogen-bond acceptors (Lipinski definition) is 2. The van der Waals surface area contributed by atoms with Crippen LogP contribution in [0.3, 0.4) is 0 Å². The van der Waals surface area contributed by atoms with E-state index in [9.17, 15) is 0 Å². The molecule has 0 aromatic heterocycles. The second kappa shape index (κ2) is 15.8. The molecular weight excluding hydrogens is 809 g/mol. The summed E-state index contributed by atoms with van der Waals surface area (Å²) in [5, 5.41) is 2.46. The van der Waals surface area contributed by atoms with Gasteiger partial charge in [-0.05, 0) is 139 Å². The van der Waals surface area contributed by atoms with Crippen LogP contribution in [0.2, 0.25) is 0 Å². The highest BCUT2D eigenvalue weighted by Crippen LogP contribution is 2.64. The maximum Gasteiger partial charge on any atom is 0.0726 e. The SMILES string of the molecule is c1ccc(N(c2ccc(-c3ccc(-c4ccc(N(c5ccccc5)c5cccc6c5-c5ccccc5C65c6ccccc6-c6ccccc65)cc4)cc3)cc2)c2ccc3ccccc3c2)cc1. The molecule has 0 radical (unpaired) electrons. The van der Waals surface area contributed by atoms with Crippen LogP contribution in [0.1, 0.15) is 22.3 Å². The Hall–Kier alpha value is -8.72. The van der Waals surface area contributed by atoms with Gasteiger partial charge in [0.1, 0.15) is 0 Å². The molecule has 0 N–H and O–H groups in total. The van der Waals surface area contributed by atoms with Crippen molar-refractivity contribution in [2.75, 3.05) is 9.80 Å². The van der Waals surface area contributed by atoms with Gasteiger partial charge in [0.2, 0.25) is 0 Å². The van der Waals surface area contributed by atoms with E-state index in [2.05, 4.69) is 277 Å². The molecule has 2 aliphatic carbocycles. The van der Waals surface area contributed by atoms with Crippen molar-refractivity contribution < 1.29 is 0 Å². The fraction of sp³-hybridized carbons (Fsp3) is 0.0154. The van der Waals surface area contributed by atoms with Crippen molar-refractivity contribution in [1.82, 2.24) is 0 Å². The van der Waals surface area contributed by atoms with E-state index in [1.807, 2.05) is 0 Å². The monoisotopic (exact) mass is 852 g/mol. The van der Waals surface area contributed by atoms with Gasteiger partial charge in [-0.1, -0.05) is 200 Å².